The number of esters is 1. The van der Waals surface area contributed by atoms with Gasteiger partial charge in [-0.1, -0.05) is 0 Å². The van der Waals surface area contributed by atoms with Gasteiger partial charge >= 0.3 is 5.97 Å². The first kappa shape index (κ1) is 15.4. The third kappa shape index (κ3) is 7.65. The Morgan fingerprint density at radius 1 is 1.12 bits per heavy atom. The van der Waals surface area contributed by atoms with Crippen molar-refractivity contribution in [2.24, 2.45) is 0 Å². The summed E-state index contributed by atoms with van der Waals surface area (Å²) in [5.41, 5.74) is -0.831. The second-order valence-electron chi connectivity index (χ2n) is 5.19. The maximum absolute atomic E-state index is 10.8. The van der Waals surface area contributed by atoms with E-state index < -0.39 is 5.60 Å². The number of rotatable bonds is 7. The average molecular weight is 232 g/mol. The van der Waals surface area contributed by atoms with E-state index in [1.165, 1.54) is 6.92 Å². The zero-order valence-corrected chi connectivity index (χ0v) is 11.0. The number of ether oxygens (including phenoxy) is 2. The first-order valence-electron chi connectivity index (χ1n) is 5.63. The Bertz CT molecular complexity index is 221. The fourth-order valence-corrected chi connectivity index (χ4v) is 1.35. The molecular weight excluding hydrogens is 208 g/mol. The van der Waals surface area contributed by atoms with E-state index in [1.807, 2.05) is 27.7 Å². The minimum absolute atomic E-state index is 0.111. The van der Waals surface area contributed by atoms with E-state index in [1.54, 1.807) is 0 Å². The van der Waals surface area contributed by atoms with Crippen LogP contribution < -0.4 is 0 Å². The lowest BCUT2D eigenvalue weighted by atomic mass is 10.0. The summed E-state index contributed by atoms with van der Waals surface area (Å²) in [4.78, 5) is 10.8. The van der Waals surface area contributed by atoms with Gasteiger partial charge in [0.2, 0.25) is 0 Å². The molecule has 0 unspecified atom stereocenters. The molecule has 96 valence electrons. The van der Waals surface area contributed by atoms with Crippen LogP contribution in [0, 0.1) is 0 Å². The van der Waals surface area contributed by atoms with Crippen molar-refractivity contribution in [3.63, 3.8) is 0 Å². The van der Waals surface area contributed by atoms with E-state index >= 15 is 0 Å². The highest BCUT2D eigenvalue weighted by Gasteiger charge is 2.23. The van der Waals surface area contributed by atoms with Crippen molar-refractivity contribution < 1.29 is 19.4 Å². The topological polar surface area (TPSA) is 55.8 Å². The Morgan fingerprint density at radius 3 is 2.12 bits per heavy atom. The van der Waals surface area contributed by atoms with E-state index in [2.05, 4.69) is 0 Å². The molecule has 0 heterocycles. The second kappa shape index (κ2) is 6.21. The molecule has 4 heteroatoms. The fourth-order valence-electron chi connectivity index (χ4n) is 1.35. The van der Waals surface area contributed by atoms with E-state index in [4.69, 9.17) is 14.6 Å². The van der Waals surface area contributed by atoms with E-state index in [0.717, 1.165) is 0 Å². The molecule has 16 heavy (non-hydrogen) atoms. The molecule has 0 aliphatic heterocycles. The van der Waals surface area contributed by atoms with Gasteiger partial charge in [-0.05, 0) is 34.1 Å². The Balaban J connectivity index is 3.92. The van der Waals surface area contributed by atoms with Crippen LogP contribution in [0.25, 0.3) is 0 Å². The van der Waals surface area contributed by atoms with Crippen LogP contribution in [-0.4, -0.2) is 35.5 Å². The predicted octanol–water partition coefficient (Wildman–Crippen LogP) is 1.90. The number of hydrogen-bond acceptors (Lipinski definition) is 4. The van der Waals surface area contributed by atoms with Crippen LogP contribution in [0.4, 0.5) is 0 Å². The molecule has 0 aliphatic carbocycles. The SMILES string of the molecule is CC(=O)OC(C)(C)CCOC(C)(C)CCO. The molecule has 0 aliphatic rings. The summed E-state index contributed by atoms with van der Waals surface area (Å²) in [5, 5.41) is 8.83. The van der Waals surface area contributed by atoms with Crippen molar-refractivity contribution in [3.05, 3.63) is 0 Å². The van der Waals surface area contributed by atoms with E-state index in [9.17, 15) is 4.79 Å². The first-order valence-corrected chi connectivity index (χ1v) is 5.63. The predicted molar refractivity (Wildman–Crippen MR) is 62.2 cm³/mol. The summed E-state index contributed by atoms with van der Waals surface area (Å²) in [6.07, 6.45) is 1.24. The average Bonchev–Trinajstić information content (AvgIpc) is 1.99. The van der Waals surface area contributed by atoms with Crippen LogP contribution in [0.5, 0.6) is 0 Å². The second-order valence-corrected chi connectivity index (χ2v) is 5.19. The van der Waals surface area contributed by atoms with Gasteiger partial charge in [0.05, 0.1) is 12.2 Å². The number of hydrogen-bond donors (Lipinski definition) is 1. The lowest BCUT2D eigenvalue weighted by Gasteiger charge is -2.28. The molecule has 1 N–H and O–H groups in total. The molecule has 0 saturated heterocycles. The van der Waals surface area contributed by atoms with Crippen LogP contribution in [0.15, 0.2) is 0 Å². The van der Waals surface area contributed by atoms with Gasteiger partial charge in [0.1, 0.15) is 5.60 Å². The molecule has 0 aromatic carbocycles. The molecule has 0 aromatic heterocycles. The van der Waals surface area contributed by atoms with Crippen molar-refractivity contribution in [3.8, 4) is 0 Å². The fraction of sp³-hybridized carbons (Fsp3) is 0.917. The molecule has 0 saturated carbocycles. The minimum Gasteiger partial charge on any atom is -0.460 e. The molecule has 0 aromatic rings. The van der Waals surface area contributed by atoms with E-state index in [-0.39, 0.29) is 18.2 Å². The maximum atomic E-state index is 10.8. The molecule has 4 nitrogen and oxygen atoms in total. The van der Waals surface area contributed by atoms with Gasteiger partial charge in [0.15, 0.2) is 0 Å². The highest BCUT2D eigenvalue weighted by molar-refractivity contribution is 5.66. The van der Waals surface area contributed by atoms with Crippen molar-refractivity contribution >= 4 is 5.97 Å². The zero-order valence-electron chi connectivity index (χ0n) is 11.0. The summed E-state index contributed by atoms with van der Waals surface area (Å²) >= 11 is 0. The highest BCUT2D eigenvalue weighted by atomic mass is 16.6. The van der Waals surface area contributed by atoms with Crippen LogP contribution in [0.3, 0.4) is 0 Å². The third-order valence-corrected chi connectivity index (χ3v) is 2.33. The molecule has 0 amide bonds. The zero-order chi connectivity index (χ0) is 12.8. The Labute approximate surface area is 97.9 Å². The minimum atomic E-state index is -0.499. The Kier molecular flexibility index (Phi) is 5.97. The molecule has 0 spiro atoms. The summed E-state index contributed by atoms with van der Waals surface area (Å²) in [6.45, 7) is 9.60. The lowest BCUT2D eigenvalue weighted by Crippen LogP contribution is -2.32. The van der Waals surface area contributed by atoms with Gasteiger partial charge in [0.25, 0.3) is 0 Å². The monoisotopic (exact) mass is 232 g/mol. The molecule has 0 atom stereocenters. The summed E-state index contributed by atoms with van der Waals surface area (Å²) in [5.74, 6) is -0.278. The van der Waals surface area contributed by atoms with Gasteiger partial charge in [-0.15, -0.1) is 0 Å². The molecule has 0 radical (unpaired) electrons. The third-order valence-electron chi connectivity index (χ3n) is 2.33. The maximum Gasteiger partial charge on any atom is 0.303 e. The number of carbonyl (C=O) groups excluding carboxylic acids is 1. The molecule has 0 bridgehead atoms. The number of aliphatic hydroxyl groups excluding tert-OH is 1. The van der Waals surface area contributed by atoms with Gasteiger partial charge in [-0.2, -0.15) is 0 Å². The van der Waals surface area contributed by atoms with Crippen molar-refractivity contribution in [1.29, 1.82) is 0 Å². The Hall–Kier alpha value is -0.610. The first-order chi connectivity index (χ1) is 7.18. The van der Waals surface area contributed by atoms with Crippen LogP contribution in [-0.2, 0) is 14.3 Å². The summed E-state index contributed by atoms with van der Waals surface area (Å²) in [7, 11) is 0. The standard InChI is InChI=1S/C12H24O4/c1-10(14)16-12(4,5)7-9-15-11(2,3)6-8-13/h13H,6-9H2,1-5H3. The smallest absolute Gasteiger partial charge is 0.303 e. The molecular formula is C12H24O4. The number of carbonyl (C=O) groups is 1. The van der Waals surface area contributed by atoms with Crippen molar-refractivity contribution in [2.45, 2.75) is 58.7 Å². The summed E-state index contributed by atoms with van der Waals surface area (Å²) in [6, 6.07) is 0. The van der Waals surface area contributed by atoms with Crippen molar-refractivity contribution in [1.82, 2.24) is 0 Å². The van der Waals surface area contributed by atoms with Crippen LogP contribution in [0.2, 0.25) is 0 Å². The highest BCUT2D eigenvalue weighted by Crippen LogP contribution is 2.19. The normalized spacial score (nSPS) is 12.6. The van der Waals surface area contributed by atoms with Crippen LogP contribution >= 0.6 is 0 Å². The molecule has 0 fully saturated rings. The van der Waals surface area contributed by atoms with Gasteiger partial charge < -0.3 is 14.6 Å². The largest absolute Gasteiger partial charge is 0.460 e. The number of aliphatic hydroxyl groups is 1. The quantitative estimate of drug-likeness (QED) is 0.681. The van der Waals surface area contributed by atoms with E-state index in [0.29, 0.717) is 19.4 Å². The Morgan fingerprint density at radius 2 is 1.69 bits per heavy atom. The summed E-state index contributed by atoms with van der Waals surface area (Å²) < 4.78 is 10.8. The molecule has 0 rings (SSSR count). The lowest BCUT2D eigenvalue weighted by molar-refractivity contribution is -0.156. The van der Waals surface area contributed by atoms with Gasteiger partial charge in [-0.3, -0.25) is 4.79 Å². The van der Waals surface area contributed by atoms with Crippen LogP contribution in [0.1, 0.15) is 47.5 Å². The van der Waals surface area contributed by atoms with Crippen molar-refractivity contribution in [2.75, 3.05) is 13.2 Å². The van der Waals surface area contributed by atoms with Gasteiger partial charge in [-0.25, -0.2) is 0 Å². The van der Waals surface area contributed by atoms with Gasteiger partial charge in [0, 0.05) is 20.0 Å².